The van der Waals surface area contributed by atoms with E-state index in [0.717, 1.165) is 6.42 Å². The van der Waals surface area contributed by atoms with Crippen molar-refractivity contribution in [1.82, 2.24) is 4.90 Å². The fraction of sp³-hybridized carbons (Fsp3) is 0.917. The lowest BCUT2D eigenvalue weighted by atomic mass is 9.98. The average molecular weight is 194 g/mol. The maximum absolute atomic E-state index is 9.03. The van der Waals surface area contributed by atoms with Crippen LogP contribution in [0.4, 0.5) is 0 Å². The first kappa shape index (κ1) is 11.5. The summed E-state index contributed by atoms with van der Waals surface area (Å²) in [6.07, 6.45) is 3.51. The molecule has 3 unspecified atom stereocenters. The minimum Gasteiger partial charge on any atom is -0.299 e. The summed E-state index contributed by atoms with van der Waals surface area (Å²) in [7, 11) is 2.17. The summed E-state index contributed by atoms with van der Waals surface area (Å²) < 4.78 is 0. The number of rotatable bonds is 3. The highest BCUT2D eigenvalue weighted by Crippen LogP contribution is 2.30. The molecule has 0 heterocycles. The smallest absolute Gasteiger partial charge is 0.0672 e. The fourth-order valence-corrected chi connectivity index (χ4v) is 2.35. The Morgan fingerprint density at radius 3 is 2.43 bits per heavy atom. The van der Waals surface area contributed by atoms with Crippen LogP contribution in [0, 0.1) is 23.2 Å². The summed E-state index contributed by atoms with van der Waals surface area (Å²) in [5.41, 5.74) is 0. The molecule has 0 spiro atoms. The minimum atomic E-state index is 0.265. The van der Waals surface area contributed by atoms with E-state index in [1.807, 2.05) is 0 Å². The maximum Gasteiger partial charge on any atom is 0.0672 e. The van der Waals surface area contributed by atoms with Crippen molar-refractivity contribution < 1.29 is 0 Å². The molecule has 0 bridgehead atoms. The van der Waals surface area contributed by atoms with Crippen molar-refractivity contribution in [3.8, 4) is 6.07 Å². The Morgan fingerprint density at radius 2 is 1.93 bits per heavy atom. The molecule has 14 heavy (non-hydrogen) atoms. The molecule has 2 heteroatoms. The van der Waals surface area contributed by atoms with Crippen molar-refractivity contribution >= 4 is 0 Å². The van der Waals surface area contributed by atoms with Gasteiger partial charge in [-0.25, -0.2) is 0 Å². The van der Waals surface area contributed by atoms with Gasteiger partial charge in [-0.1, -0.05) is 20.3 Å². The van der Waals surface area contributed by atoms with E-state index in [1.165, 1.54) is 12.8 Å². The van der Waals surface area contributed by atoms with Crippen molar-refractivity contribution in [2.24, 2.45) is 11.8 Å². The van der Waals surface area contributed by atoms with Gasteiger partial charge >= 0.3 is 0 Å². The Morgan fingerprint density at radius 1 is 1.29 bits per heavy atom. The van der Waals surface area contributed by atoms with E-state index >= 15 is 0 Å². The van der Waals surface area contributed by atoms with Crippen LogP contribution < -0.4 is 0 Å². The van der Waals surface area contributed by atoms with Crippen LogP contribution in [0.2, 0.25) is 0 Å². The summed E-state index contributed by atoms with van der Waals surface area (Å²) in [4.78, 5) is 2.41. The molecular weight excluding hydrogens is 172 g/mol. The monoisotopic (exact) mass is 194 g/mol. The Kier molecular flexibility index (Phi) is 3.95. The second-order valence-corrected chi connectivity index (χ2v) is 4.88. The topological polar surface area (TPSA) is 27.0 Å². The summed E-state index contributed by atoms with van der Waals surface area (Å²) in [6.45, 7) is 6.76. The molecule has 80 valence electrons. The molecule has 0 saturated heterocycles. The highest BCUT2D eigenvalue weighted by molar-refractivity contribution is 4.97. The molecule has 1 rings (SSSR count). The summed E-state index contributed by atoms with van der Waals surface area (Å²) in [6, 6.07) is 3.52. The van der Waals surface area contributed by atoms with Crippen LogP contribution in [-0.4, -0.2) is 24.0 Å². The number of nitrogens with zero attached hydrogens (tertiary/aromatic N) is 2. The first-order valence-electron chi connectivity index (χ1n) is 5.69. The predicted molar refractivity (Wildman–Crippen MR) is 58.8 cm³/mol. The second kappa shape index (κ2) is 4.79. The molecule has 0 radical (unpaired) electrons. The van der Waals surface area contributed by atoms with Gasteiger partial charge in [-0.3, -0.25) is 4.90 Å². The van der Waals surface area contributed by atoms with Gasteiger partial charge in [0.1, 0.15) is 0 Å². The van der Waals surface area contributed by atoms with Crippen LogP contribution in [-0.2, 0) is 0 Å². The average Bonchev–Trinajstić information content (AvgIpc) is 2.62. The van der Waals surface area contributed by atoms with Gasteiger partial charge in [0.2, 0.25) is 0 Å². The van der Waals surface area contributed by atoms with E-state index in [4.69, 9.17) is 5.26 Å². The first-order chi connectivity index (χ1) is 6.57. The molecule has 0 N–H and O–H groups in total. The van der Waals surface area contributed by atoms with E-state index in [9.17, 15) is 0 Å². The molecule has 1 fully saturated rings. The van der Waals surface area contributed by atoms with Gasteiger partial charge < -0.3 is 0 Å². The van der Waals surface area contributed by atoms with Gasteiger partial charge in [-0.15, -0.1) is 0 Å². The van der Waals surface area contributed by atoms with E-state index in [-0.39, 0.29) is 5.92 Å². The predicted octanol–water partition coefficient (Wildman–Crippen LogP) is 2.65. The van der Waals surface area contributed by atoms with Crippen LogP contribution in [0.25, 0.3) is 0 Å². The van der Waals surface area contributed by atoms with Gasteiger partial charge in [-0.2, -0.15) is 5.26 Å². The van der Waals surface area contributed by atoms with Gasteiger partial charge in [0.15, 0.2) is 0 Å². The normalized spacial score (nSPS) is 29.5. The van der Waals surface area contributed by atoms with Gasteiger partial charge in [0.25, 0.3) is 0 Å². The Balaban J connectivity index is 2.60. The SMILES string of the molecule is CC(C)C(C)N(C)C1CCCC1C#N. The van der Waals surface area contributed by atoms with Crippen molar-refractivity contribution in [2.45, 2.75) is 52.1 Å². The third-order valence-electron chi connectivity index (χ3n) is 3.78. The highest BCUT2D eigenvalue weighted by Gasteiger charge is 2.32. The molecular formula is C12H22N2. The number of hydrogen-bond acceptors (Lipinski definition) is 2. The largest absolute Gasteiger partial charge is 0.299 e. The van der Waals surface area contributed by atoms with E-state index < -0.39 is 0 Å². The second-order valence-electron chi connectivity index (χ2n) is 4.88. The third-order valence-corrected chi connectivity index (χ3v) is 3.78. The van der Waals surface area contributed by atoms with Gasteiger partial charge in [-0.05, 0) is 32.7 Å². The maximum atomic E-state index is 9.03. The quantitative estimate of drug-likeness (QED) is 0.690. The van der Waals surface area contributed by atoms with Gasteiger partial charge in [0.05, 0.1) is 12.0 Å². The Hall–Kier alpha value is -0.550. The molecule has 2 nitrogen and oxygen atoms in total. The molecule has 3 atom stereocenters. The zero-order valence-corrected chi connectivity index (χ0v) is 9.83. The molecule has 0 amide bonds. The molecule has 0 aromatic rings. The van der Waals surface area contributed by atoms with Gasteiger partial charge in [0, 0.05) is 12.1 Å². The van der Waals surface area contributed by atoms with E-state index in [2.05, 4.69) is 38.8 Å². The molecule has 1 saturated carbocycles. The molecule has 0 aromatic carbocycles. The minimum absolute atomic E-state index is 0.265. The van der Waals surface area contributed by atoms with Crippen LogP contribution in [0.5, 0.6) is 0 Å². The van der Waals surface area contributed by atoms with E-state index in [1.54, 1.807) is 0 Å². The summed E-state index contributed by atoms with van der Waals surface area (Å²) >= 11 is 0. The fourth-order valence-electron chi connectivity index (χ4n) is 2.35. The molecule has 0 aliphatic heterocycles. The lowest BCUT2D eigenvalue weighted by molar-refractivity contribution is 0.134. The Labute approximate surface area is 87.9 Å². The number of hydrogen-bond donors (Lipinski definition) is 0. The van der Waals surface area contributed by atoms with Crippen LogP contribution in [0.1, 0.15) is 40.0 Å². The lowest BCUT2D eigenvalue weighted by Gasteiger charge is -2.34. The van der Waals surface area contributed by atoms with E-state index in [0.29, 0.717) is 18.0 Å². The van der Waals surface area contributed by atoms with Crippen LogP contribution in [0.3, 0.4) is 0 Å². The van der Waals surface area contributed by atoms with Crippen molar-refractivity contribution in [3.63, 3.8) is 0 Å². The first-order valence-corrected chi connectivity index (χ1v) is 5.69. The number of nitriles is 1. The molecule has 1 aliphatic carbocycles. The lowest BCUT2D eigenvalue weighted by Crippen LogP contribution is -2.42. The van der Waals surface area contributed by atoms with Crippen molar-refractivity contribution in [2.75, 3.05) is 7.05 Å². The van der Waals surface area contributed by atoms with Crippen LogP contribution in [0.15, 0.2) is 0 Å². The van der Waals surface area contributed by atoms with Crippen LogP contribution >= 0.6 is 0 Å². The standard InChI is InChI=1S/C12H22N2/c1-9(2)10(3)14(4)12-7-5-6-11(12)8-13/h9-12H,5-7H2,1-4H3. The zero-order chi connectivity index (χ0) is 10.7. The third kappa shape index (κ3) is 2.27. The summed E-state index contributed by atoms with van der Waals surface area (Å²) in [5.74, 6) is 0.932. The van der Waals surface area contributed by atoms with Crippen molar-refractivity contribution in [3.05, 3.63) is 0 Å². The molecule has 0 aromatic heterocycles. The van der Waals surface area contributed by atoms with Crippen molar-refractivity contribution in [1.29, 1.82) is 5.26 Å². The Bertz CT molecular complexity index is 217. The highest BCUT2D eigenvalue weighted by atomic mass is 15.2. The molecule has 1 aliphatic rings. The zero-order valence-electron chi connectivity index (χ0n) is 9.83. The summed E-state index contributed by atoms with van der Waals surface area (Å²) in [5, 5.41) is 9.03.